The molecule has 152 valence electrons. The van der Waals surface area contributed by atoms with Crippen molar-refractivity contribution in [3.8, 4) is 0 Å². The summed E-state index contributed by atoms with van der Waals surface area (Å²) >= 11 is 7.01. The van der Waals surface area contributed by atoms with Gasteiger partial charge < -0.3 is 15.8 Å². The molecule has 0 fully saturated rings. The first-order chi connectivity index (χ1) is 12.8. The first-order valence-corrected chi connectivity index (χ1v) is 9.52. The quantitative estimate of drug-likeness (QED) is 0.764. The number of alkyl halides is 2. The Morgan fingerprint density at radius 3 is 2.57 bits per heavy atom. The molecule has 0 saturated heterocycles. The zero-order valence-electron chi connectivity index (χ0n) is 15.6. The Bertz CT molecular complexity index is 968. The van der Waals surface area contributed by atoms with Crippen molar-refractivity contribution in [1.29, 1.82) is 0 Å². The van der Waals surface area contributed by atoms with Crippen molar-refractivity contribution in [3.05, 3.63) is 32.9 Å². The number of nitrogens with zero attached hydrogens (tertiary/aromatic N) is 2. The van der Waals surface area contributed by atoms with Crippen molar-refractivity contribution in [2.24, 2.45) is 5.73 Å². The van der Waals surface area contributed by atoms with Crippen molar-refractivity contribution >= 4 is 39.8 Å². The highest BCUT2D eigenvalue weighted by Gasteiger charge is 2.43. The first-order valence-electron chi connectivity index (χ1n) is 8.32. The van der Waals surface area contributed by atoms with Crippen molar-refractivity contribution in [3.63, 3.8) is 0 Å². The summed E-state index contributed by atoms with van der Waals surface area (Å²) < 4.78 is 31.9. The van der Waals surface area contributed by atoms with Crippen LogP contribution in [-0.2, 0) is 16.8 Å². The lowest BCUT2D eigenvalue weighted by molar-refractivity contribution is -0.135. The highest BCUT2D eigenvalue weighted by Crippen LogP contribution is 2.48. The highest BCUT2D eigenvalue weighted by atomic mass is 35.5. The number of ether oxygens (including phenoxy) is 1. The van der Waals surface area contributed by atoms with E-state index in [1.807, 2.05) is 27.7 Å². The fourth-order valence-corrected chi connectivity index (χ4v) is 4.94. The van der Waals surface area contributed by atoms with Gasteiger partial charge >= 0.3 is 6.55 Å². The maximum absolute atomic E-state index is 12.8. The number of anilines is 1. The second kappa shape index (κ2) is 6.78. The average Bonchev–Trinajstić information content (AvgIpc) is 3.06. The topological polar surface area (TPSA) is 99.2 Å². The number of carbonyl (C=O) groups excluding carboxylic acids is 2. The van der Waals surface area contributed by atoms with Gasteiger partial charge in [0, 0.05) is 11.3 Å². The number of hydrogen-bond donors (Lipinski definition) is 2. The molecule has 1 aliphatic heterocycles. The Balaban J connectivity index is 2.03. The summed E-state index contributed by atoms with van der Waals surface area (Å²) in [5.41, 5.74) is 4.85. The zero-order chi connectivity index (χ0) is 21.0. The first kappa shape index (κ1) is 20.7. The molecule has 7 nitrogen and oxygen atoms in total. The van der Waals surface area contributed by atoms with E-state index in [1.54, 1.807) is 0 Å². The van der Waals surface area contributed by atoms with Gasteiger partial charge in [0.2, 0.25) is 0 Å². The Morgan fingerprint density at radius 2 is 2.04 bits per heavy atom. The number of carbonyl (C=O) groups is 2. The summed E-state index contributed by atoms with van der Waals surface area (Å²) in [7, 11) is 0. The third-order valence-corrected chi connectivity index (χ3v) is 5.99. The van der Waals surface area contributed by atoms with Crippen LogP contribution in [0.5, 0.6) is 0 Å². The molecule has 0 aromatic carbocycles. The van der Waals surface area contributed by atoms with E-state index in [4.69, 9.17) is 22.1 Å². The molecule has 0 bridgehead atoms. The van der Waals surface area contributed by atoms with Gasteiger partial charge in [0.15, 0.2) is 5.69 Å². The molecule has 3 rings (SSSR count). The Labute approximate surface area is 168 Å². The Hall–Kier alpha value is -2.04. The molecule has 28 heavy (non-hydrogen) atoms. The fraction of sp³-hybridized carbons (Fsp3) is 0.471. The smallest absolute Gasteiger partial charge is 0.333 e. The predicted molar refractivity (Wildman–Crippen MR) is 101 cm³/mol. The number of nitrogens with two attached hydrogens (primary N) is 1. The SMILES string of the molecule is CC1(C)Cc2c(sc(NC(=O)c3nn(C(F)F)cc3Cl)c2C(N)=O)C(C)(C)O1. The van der Waals surface area contributed by atoms with E-state index in [2.05, 4.69) is 10.4 Å². The maximum Gasteiger partial charge on any atom is 0.333 e. The van der Waals surface area contributed by atoms with Crippen LogP contribution in [-0.4, -0.2) is 27.2 Å². The van der Waals surface area contributed by atoms with Gasteiger partial charge in [-0.15, -0.1) is 11.3 Å². The number of amides is 2. The molecule has 1 aliphatic rings. The lowest BCUT2D eigenvalue weighted by Gasteiger charge is -2.41. The van der Waals surface area contributed by atoms with Gasteiger partial charge in [-0.25, -0.2) is 4.68 Å². The number of fused-ring (bicyclic) bond motifs is 1. The van der Waals surface area contributed by atoms with E-state index >= 15 is 0 Å². The molecule has 0 aliphatic carbocycles. The van der Waals surface area contributed by atoms with Crippen LogP contribution in [0.4, 0.5) is 13.8 Å². The number of primary amides is 1. The van der Waals surface area contributed by atoms with Crippen LogP contribution in [0.3, 0.4) is 0 Å². The van der Waals surface area contributed by atoms with Crippen LogP contribution in [0, 0.1) is 0 Å². The van der Waals surface area contributed by atoms with Gasteiger partial charge in [-0.2, -0.15) is 13.9 Å². The zero-order valence-corrected chi connectivity index (χ0v) is 17.2. The molecular weight excluding hydrogens is 414 g/mol. The van der Waals surface area contributed by atoms with E-state index in [-0.39, 0.29) is 26.0 Å². The van der Waals surface area contributed by atoms with Crippen molar-refractivity contribution in [2.75, 3.05) is 5.32 Å². The summed E-state index contributed by atoms with van der Waals surface area (Å²) in [6.07, 6.45) is 1.28. The van der Waals surface area contributed by atoms with E-state index in [0.717, 1.165) is 22.4 Å². The van der Waals surface area contributed by atoms with Crippen LogP contribution >= 0.6 is 22.9 Å². The van der Waals surface area contributed by atoms with Gasteiger partial charge in [0.1, 0.15) is 5.00 Å². The molecule has 2 aromatic rings. The van der Waals surface area contributed by atoms with Gasteiger partial charge in [0.05, 0.1) is 28.0 Å². The minimum atomic E-state index is -2.94. The summed E-state index contributed by atoms with van der Waals surface area (Å²) in [4.78, 5) is 25.5. The Morgan fingerprint density at radius 1 is 1.39 bits per heavy atom. The van der Waals surface area contributed by atoms with Crippen molar-refractivity contribution < 1.29 is 23.1 Å². The van der Waals surface area contributed by atoms with E-state index in [0.29, 0.717) is 12.0 Å². The number of hydrogen-bond acceptors (Lipinski definition) is 5. The predicted octanol–water partition coefficient (Wildman–Crippen LogP) is 3.93. The number of aromatic nitrogens is 2. The minimum Gasteiger partial charge on any atom is -0.365 e. The molecule has 0 atom stereocenters. The Kier molecular flexibility index (Phi) is 5.01. The van der Waals surface area contributed by atoms with Crippen LogP contribution in [0.2, 0.25) is 5.02 Å². The molecule has 11 heteroatoms. The van der Waals surface area contributed by atoms with E-state index < -0.39 is 29.6 Å². The maximum atomic E-state index is 12.8. The van der Waals surface area contributed by atoms with E-state index in [1.165, 1.54) is 0 Å². The van der Waals surface area contributed by atoms with Crippen LogP contribution in [0.15, 0.2) is 6.20 Å². The van der Waals surface area contributed by atoms with Crippen LogP contribution < -0.4 is 11.1 Å². The summed E-state index contributed by atoms with van der Waals surface area (Å²) in [5, 5.41) is 6.02. The van der Waals surface area contributed by atoms with Gasteiger partial charge in [0.25, 0.3) is 11.8 Å². The normalized spacial score (nSPS) is 17.4. The lowest BCUT2D eigenvalue weighted by Crippen LogP contribution is -2.42. The molecule has 0 radical (unpaired) electrons. The van der Waals surface area contributed by atoms with Crippen LogP contribution in [0.1, 0.15) is 65.5 Å². The third-order valence-electron chi connectivity index (χ3n) is 4.26. The number of nitrogens with one attached hydrogen (secondary N) is 1. The largest absolute Gasteiger partial charge is 0.365 e. The molecule has 2 amide bonds. The number of thiophene rings is 1. The second-order valence-corrected chi connectivity index (χ2v) is 8.99. The van der Waals surface area contributed by atoms with Gasteiger partial charge in [-0.3, -0.25) is 9.59 Å². The third kappa shape index (κ3) is 3.63. The van der Waals surface area contributed by atoms with Crippen molar-refractivity contribution in [2.45, 2.75) is 51.9 Å². The summed E-state index contributed by atoms with van der Waals surface area (Å²) in [6.45, 7) is 4.58. The highest BCUT2D eigenvalue weighted by molar-refractivity contribution is 7.17. The van der Waals surface area contributed by atoms with E-state index in [9.17, 15) is 18.4 Å². The summed E-state index contributed by atoms with van der Waals surface area (Å²) in [5.74, 6) is -1.52. The molecule has 0 unspecified atom stereocenters. The monoisotopic (exact) mass is 432 g/mol. The molecule has 2 aromatic heterocycles. The molecular formula is C17H19ClF2N4O3S. The van der Waals surface area contributed by atoms with Gasteiger partial charge in [-0.05, 0) is 33.3 Å². The van der Waals surface area contributed by atoms with Crippen LogP contribution in [0.25, 0.3) is 0 Å². The molecule has 0 saturated carbocycles. The molecule has 0 spiro atoms. The number of rotatable bonds is 4. The van der Waals surface area contributed by atoms with Crippen molar-refractivity contribution in [1.82, 2.24) is 9.78 Å². The minimum absolute atomic E-state index is 0.183. The molecule has 3 N–H and O–H groups in total. The number of halogens is 3. The second-order valence-electron chi connectivity index (χ2n) is 7.56. The summed E-state index contributed by atoms with van der Waals surface area (Å²) in [6, 6.07) is 0. The molecule has 3 heterocycles. The van der Waals surface area contributed by atoms with Gasteiger partial charge in [-0.1, -0.05) is 11.6 Å². The average molecular weight is 433 g/mol. The fourth-order valence-electron chi connectivity index (χ4n) is 3.45. The lowest BCUT2D eigenvalue weighted by atomic mass is 9.86. The standard InChI is InChI=1S/C17H19ClF2N4O3S/c1-16(2)5-7-9(12(21)25)14(28-11(7)17(3,4)27-16)22-13(26)10-8(18)6-24(23-10)15(19)20/h6,15H,5H2,1-4H3,(H2,21,25)(H,22,26).